The summed E-state index contributed by atoms with van der Waals surface area (Å²) in [6.45, 7) is 1.66. The van der Waals surface area contributed by atoms with Gasteiger partial charge in [0, 0.05) is 13.2 Å². The molecule has 6 heteroatoms. The van der Waals surface area contributed by atoms with Gasteiger partial charge in [-0.05, 0) is 30.5 Å². The number of rotatable bonds is 4. The molecule has 0 spiro atoms. The van der Waals surface area contributed by atoms with Crippen LogP contribution in [0, 0.1) is 17.2 Å². The zero-order valence-corrected chi connectivity index (χ0v) is 10.6. The van der Waals surface area contributed by atoms with Crippen molar-refractivity contribution in [2.45, 2.75) is 11.3 Å². The molecule has 2 rings (SSSR count). The molecule has 1 heterocycles. The molecule has 0 bridgehead atoms. The number of benzene rings is 1. The highest BCUT2D eigenvalue weighted by Gasteiger charge is 2.20. The molecule has 1 saturated heterocycles. The van der Waals surface area contributed by atoms with Crippen LogP contribution < -0.4 is 4.72 Å². The molecule has 1 aliphatic rings. The number of nitrogens with one attached hydrogen (secondary N) is 1. The van der Waals surface area contributed by atoms with Gasteiger partial charge < -0.3 is 4.74 Å². The lowest BCUT2D eigenvalue weighted by Gasteiger charge is -2.10. The molecule has 0 amide bonds. The van der Waals surface area contributed by atoms with Gasteiger partial charge in [0.25, 0.3) is 0 Å². The van der Waals surface area contributed by atoms with Gasteiger partial charge in [-0.15, -0.1) is 0 Å². The summed E-state index contributed by atoms with van der Waals surface area (Å²) >= 11 is 0. The van der Waals surface area contributed by atoms with E-state index in [1.54, 1.807) is 12.1 Å². The number of sulfonamides is 1. The second-order valence-corrected chi connectivity index (χ2v) is 5.99. The first-order chi connectivity index (χ1) is 8.62. The largest absolute Gasteiger partial charge is 0.381 e. The van der Waals surface area contributed by atoms with Crippen molar-refractivity contribution in [3.8, 4) is 6.07 Å². The minimum absolute atomic E-state index is 0.125. The van der Waals surface area contributed by atoms with Crippen LogP contribution in [-0.4, -0.2) is 28.2 Å². The van der Waals surface area contributed by atoms with Crippen molar-refractivity contribution in [3.05, 3.63) is 29.8 Å². The topological polar surface area (TPSA) is 79.2 Å². The first-order valence-corrected chi connectivity index (χ1v) is 7.18. The van der Waals surface area contributed by atoms with Crippen molar-refractivity contribution in [2.24, 2.45) is 5.92 Å². The van der Waals surface area contributed by atoms with Crippen molar-refractivity contribution in [1.29, 1.82) is 5.26 Å². The minimum atomic E-state index is -3.54. The molecular formula is C12H14N2O3S. The maximum atomic E-state index is 12.0. The predicted octanol–water partition coefficient (Wildman–Crippen LogP) is 0.873. The monoisotopic (exact) mass is 266 g/mol. The average molecular weight is 266 g/mol. The number of nitriles is 1. The fourth-order valence-corrected chi connectivity index (χ4v) is 2.95. The Labute approximate surface area is 106 Å². The molecule has 1 aliphatic heterocycles. The van der Waals surface area contributed by atoms with Gasteiger partial charge >= 0.3 is 0 Å². The standard InChI is InChI=1S/C12H14N2O3S/c13-7-10-2-1-3-12(6-10)18(15,16)14-8-11-4-5-17-9-11/h1-3,6,11,14H,4-5,8-9H2/t11-/m0/s1. The van der Waals surface area contributed by atoms with Gasteiger partial charge in [-0.2, -0.15) is 5.26 Å². The van der Waals surface area contributed by atoms with E-state index in [1.807, 2.05) is 6.07 Å². The van der Waals surface area contributed by atoms with Crippen LogP contribution in [0.25, 0.3) is 0 Å². The zero-order valence-electron chi connectivity index (χ0n) is 9.80. The van der Waals surface area contributed by atoms with Gasteiger partial charge in [-0.25, -0.2) is 13.1 Å². The van der Waals surface area contributed by atoms with E-state index < -0.39 is 10.0 Å². The van der Waals surface area contributed by atoms with E-state index in [9.17, 15) is 8.42 Å². The van der Waals surface area contributed by atoms with Gasteiger partial charge in [-0.3, -0.25) is 0 Å². The predicted molar refractivity (Wildman–Crippen MR) is 65.3 cm³/mol. The molecule has 18 heavy (non-hydrogen) atoms. The molecule has 1 N–H and O–H groups in total. The first-order valence-electron chi connectivity index (χ1n) is 5.69. The SMILES string of the molecule is N#Cc1cccc(S(=O)(=O)NC[C@@H]2CCOC2)c1. The number of nitrogens with zero attached hydrogens (tertiary/aromatic N) is 1. The van der Waals surface area contributed by atoms with Crippen molar-refractivity contribution in [3.63, 3.8) is 0 Å². The normalized spacial score (nSPS) is 19.6. The summed E-state index contributed by atoms with van der Waals surface area (Å²) in [7, 11) is -3.54. The number of hydrogen-bond acceptors (Lipinski definition) is 4. The van der Waals surface area contributed by atoms with Crippen molar-refractivity contribution in [1.82, 2.24) is 4.72 Å². The summed E-state index contributed by atoms with van der Waals surface area (Å²) in [6, 6.07) is 7.91. The van der Waals surface area contributed by atoms with E-state index in [2.05, 4.69) is 4.72 Å². The lowest BCUT2D eigenvalue weighted by atomic mass is 10.1. The summed E-state index contributed by atoms with van der Waals surface area (Å²) in [5.74, 6) is 0.235. The van der Waals surface area contributed by atoms with Gasteiger partial charge in [-0.1, -0.05) is 6.07 Å². The maximum absolute atomic E-state index is 12.0. The summed E-state index contributed by atoms with van der Waals surface area (Å²) in [6.07, 6.45) is 0.876. The van der Waals surface area contributed by atoms with E-state index in [0.717, 1.165) is 6.42 Å². The van der Waals surface area contributed by atoms with Gasteiger partial charge in [0.15, 0.2) is 0 Å². The van der Waals surface area contributed by atoms with E-state index in [0.29, 0.717) is 25.3 Å². The van der Waals surface area contributed by atoms with Crippen LogP contribution in [0.3, 0.4) is 0 Å². The molecular weight excluding hydrogens is 252 g/mol. The minimum Gasteiger partial charge on any atom is -0.381 e. The fraction of sp³-hybridized carbons (Fsp3) is 0.417. The molecule has 5 nitrogen and oxygen atoms in total. The summed E-state index contributed by atoms with van der Waals surface area (Å²) in [5, 5.41) is 8.75. The Morgan fingerprint density at radius 2 is 2.33 bits per heavy atom. The maximum Gasteiger partial charge on any atom is 0.240 e. The number of ether oxygens (including phenoxy) is 1. The third kappa shape index (κ3) is 3.07. The highest BCUT2D eigenvalue weighted by Crippen LogP contribution is 2.14. The molecule has 0 aromatic heterocycles. The Morgan fingerprint density at radius 3 is 3.00 bits per heavy atom. The zero-order chi connectivity index (χ0) is 13.0. The lowest BCUT2D eigenvalue weighted by Crippen LogP contribution is -2.29. The summed E-state index contributed by atoms with van der Waals surface area (Å²) in [5.41, 5.74) is 0.335. The summed E-state index contributed by atoms with van der Waals surface area (Å²) < 4.78 is 31.7. The molecule has 1 atom stereocenters. The van der Waals surface area contributed by atoms with Crippen LogP contribution in [0.4, 0.5) is 0 Å². The Hall–Kier alpha value is -1.42. The van der Waals surface area contributed by atoms with Crippen molar-refractivity contribution in [2.75, 3.05) is 19.8 Å². The third-order valence-electron chi connectivity index (χ3n) is 2.86. The van der Waals surface area contributed by atoms with Gasteiger partial charge in [0.2, 0.25) is 10.0 Å². The highest BCUT2D eigenvalue weighted by molar-refractivity contribution is 7.89. The lowest BCUT2D eigenvalue weighted by molar-refractivity contribution is 0.186. The third-order valence-corrected chi connectivity index (χ3v) is 4.28. The molecule has 1 fully saturated rings. The van der Waals surface area contributed by atoms with Crippen LogP contribution in [0.5, 0.6) is 0 Å². The van der Waals surface area contributed by atoms with E-state index in [4.69, 9.17) is 10.00 Å². The first kappa shape index (κ1) is 13.0. The van der Waals surface area contributed by atoms with Crippen LogP contribution >= 0.6 is 0 Å². The van der Waals surface area contributed by atoms with Crippen LogP contribution in [-0.2, 0) is 14.8 Å². The second-order valence-electron chi connectivity index (χ2n) is 4.22. The van der Waals surface area contributed by atoms with Crippen LogP contribution in [0.2, 0.25) is 0 Å². The van der Waals surface area contributed by atoms with E-state index in [-0.39, 0.29) is 10.8 Å². The molecule has 0 aliphatic carbocycles. The molecule has 1 aromatic rings. The molecule has 0 unspecified atom stereocenters. The van der Waals surface area contributed by atoms with E-state index >= 15 is 0 Å². The van der Waals surface area contributed by atoms with Crippen molar-refractivity contribution >= 4 is 10.0 Å². The highest BCUT2D eigenvalue weighted by atomic mass is 32.2. The second kappa shape index (κ2) is 5.48. The summed E-state index contributed by atoms with van der Waals surface area (Å²) in [4.78, 5) is 0.125. The fourth-order valence-electron chi connectivity index (χ4n) is 1.79. The Morgan fingerprint density at radius 1 is 1.50 bits per heavy atom. The molecule has 0 saturated carbocycles. The van der Waals surface area contributed by atoms with E-state index in [1.165, 1.54) is 12.1 Å². The average Bonchev–Trinajstić information content (AvgIpc) is 2.90. The quantitative estimate of drug-likeness (QED) is 0.877. The number of hydrogen-bond donors (Lipinski definition) is 1. The smallest absolute Gasteiger partial charge is 0.240 e. The Bertz CT molecular complexity index is 557. The van der Waals surface area contributed by atoms with Crippen LogP contribution in [0.1, 0.15) is 12.0 Å². The Balaban J connectivity index is 2.07. The van der Waals surface area contributed by atoms with Crippen molar-refractivity contribution < 1.29 is 13.2 Å². The molecule has 0 radical (unpaired) electrons. The Kier molecular flexibility index (Phi) is 3.97. The van der Waals surface area contributed by atoms with Gasteiger partial charge in [0.05, 0.1) is 23.1 Å². The molecule has 1 aromatic carbocycles. The molecule has 96 valence electrons. The van der Waals surface area contributed by atoms with Gasteiger partial charge in [0.1, 0.15) is 0 Å². The van der Waals surface area contributed by atoms with Crippen LogP contribution in [0.15, 0.2) is 29.2 Å².